The van der Waals surface area contributed by atoms with Crippen molar-refractivity contribution in [2.24, 2.45) is 0 Å². The molecule has 144 valence electrons. The summed E-state index contributed by atoms with van der Waals surface area (Å²) < 4.78 is 5.80. The lowest BCUT2D eigenvalue weighted by Crippen LogP contribution is -2.39. The highest BCUT2D eigenvalue weighted by molar-refractivity contribution is 5.94. The van der Waals surface area contributed by atoms with Crippen LogP contribution in [0.15, 0.2) is 24.3 Å². The van der Waals surface area contributed by atoms with E-state index >= 15 is 0 Å². The molecule has 2 aromatic rings. The number of nitrogens with zero attached hydrogens (tertiary/aromatic N) is 2. The van der Waals surface area contributed by atoms with Crippen molar-refractivity contribution in [1.29, 1.82) is 0 Å². The molecule has 4 rings (SSSR count). The third kappa shape index (κ3) is 4.22. The monoisotopic (exact) mass is 368 g/mol. The number of aromatic amines is 1. The van der Waals surface area contributed by atoms with Crippen molar-refractivity contribution < 1.29 is 9.53 Å². The smallest absolute Gasteiger partial charge is 0.274 e. The molecule has 0 aliphatic carbocycles. The largest absolute Gasteiger partial charge is 0.376 e. The van der Waals surface area contributed by atoms with Gasteiger partial charge in [0, 0.05) is 50.5 Å². The summed E-state index contributed by atoms with van der Waals surface area (Å²) in [5.41, 5.74) is 5.18. The molecular weight excluding hydrogens is 340 g/mol. The third-order valence-corrected chi connectivity index (χ3v) is 5.54. The van der Waals surface area contributed by atoms with Gasteiger partial charge in [0.2, 0.25) is 0 Å². The van der Waals surface area contributed by atoms with Crippen LogP contribution < -0.4 is 5.32 Å². The summed E-state index contributed by atoms with van der Waals surface area (Å²) in [6.45, 7) is 5.84. The molecule has 0 radical (unpaired) electrons. The van der Waals surface area contributed by atoms with Crippen molar-refractivity contribution in [3.05, 3.63) is 52.3 Å². The van der Waals surface area contributed by atoms with Crippen LogP contribution in [0.1, 0.15) is 45.7 Å². The minimum Gasteiger partial charge on any atom is -0.376 e. The second-order valence-electron chi connectivity index (χ2n) is 7.58. The van der Waals surface area contributed by atoms with Crippen LogP contribution in [0.5, 0.6) is 0 Å². The minimum atomic E-state index is 0.0128. The zero-order valence-electron chi connectivity index (χ0n) is 16.0. The first-order chi connectivity index (χ1) is 13.2. The van der Waals surface area contributed by atoms with E-state index in [1.807, 2.05) is 4.90 Å². The predicted octanol–water partition coefficient (Wildman–Crippen LogP) is 2.23. The number of carbonyl (C=O) groups is 1. The number of H-pyrrole nitrogens is 1. The summed E-state index contributed by atoms with van der Waals surface area (Å²) in [6.07, 6.45) is 3.97. The molecule has 1 saturated heterocycles. The predicted molar refractivity (Wildman–Crippen MR) is 104 cm³/mol. The molecule has 6 heteroatoms. The average molecular weight is 368 g/mol. The summed E-state index contributed by atoms with van der Waals surface area (Å²) >= 11 is 0. The quantitative estimate of drug-likeness (QED) is 0.820. The number of benzene rings is 1. The fourth-order valence-corrected chi connectivity index (χ4v) is 3.88. The van der Waals surface area contributed by atoms with Crippen LogP contribution in [0.4, 0.5) is 0 Å². The van der Waals surface area contributed by atoms with Crippen molar-refractivity contribution in [3.63, 3.8) is 0 Å². The molecule has 1 aromatic heterocycles. The van der Waals surface area contributed by atoms with Crippen molar-refractivity contribution in [1.82, 2.24) is 20.4 Å². The molecule has 1 aromatic carbocycles. The number of aryl methyl sites for hydroxylation is 1. The second-order valence-corrected chi connectivity index (χ2v) is 7.58. The summed E-state index contributed by atoms with van der Waals surface area (Å²) in [5.74, 6) is 0.0128. The van der Waals surface area contributed by atoms with E-state index in [1.165, 1.54) is 11.1 Å². The maximum atomic E-state index is 13.3. The maximum absolute atomic E-state index is 13.3. The molecule has 6 nitrogen and oxygen atoms in total. The Kier molecular flexibility index (Phi) is 5.55. The Morgan fingerprint density at radius 1 is 1.33 bits per heavy atom. The van der Waals surface area contributed by atoms with Crippen LogP contribution in [0, 0.1) is 6.92 Å². The van der Waals surface area contributed by atoms with E-state index in [0.717, 1.165) is 50.1 Å². The summed E-state index contributed by atoms with van der Waals surface area (Å²) in [5, 5.41) is 10.8. The second kappa shape index (κ2) is 8.23. The fourth-order valence-electron chi connectivity index (χ4n) is 3.88. The lowest BCUT2D eigenvalue weighted by Gasteiger charge is -2.25. The van der Waals surface area contributed by atoms with Crippen molar-refractivity contribution in [2.45, 2.75) is 45.3 Å². The molecular formula is C21H28N4O2. The van der Waals surface area contributed by atoms with Gasteiger partial charge in [-0.25, -0.2) is 0 Å². The fraction of sp³-hybridized carbons (Fsp3) is 0.524. The number of amides is 1. The van der Waals surface area contributed by atoms with Crippen molar-refractivity contribution in [2.75, 3.05) is 26.2 Å². The van der Waals surface area contributed by atoms with Gasteiger partial charge >= 0.3 is 0 Å². The van der Waals surface area contributed by atoms with Crippen LogP contribution in [0.2, 0.25) is 0 Å². The standard InChI is InChI=1S/C21H28N4O2/c1-15-4-6-16(7-5-15)9-11-25(14-17-3-2-12-27-17)21(26)20-18-13-22-10-8-19(18)23-24-20/h4-7,17,22H,2-3,8-14H2,1H3,(H,23,24). The Hall–Kier alpha value is -2.18. The van der Waals surface area contributed by atoms with Gasteiger partial charge in [-0.05, 0) is 31.7 Å². The topological polar surface area (TPSA) is 70.2 Å². The van der Waals surface area contributed by atoms with Gasteiger partial charge in [0.15, 0.2) is 5.69 Å². The van der Waals surface area contributed by atoms with E-state index in [2.05, 4.69) is 46.7 Å². The Morgan fingerprint density at radius 3 is 2.96 bits per heavy atom. The molecule has 2 aliphatic rings. The molecule has 1 fully saturated rings. The van der Waals surface area contributed by atoms with Crippen LogP contribution >= 0.6 is 0 Å². The van der Waals surface area contributed by atoms with E-state index in [9.17, 15) is 4.79 Å². The van der Waals surface area contributed by atoms with Gasteiger partial charge in [-0.15, -0.1) is 0 Å². The Labute approximate surface area is 160 Å². The number of hydrogen-bond acceptors (Lipinski definition) is 4. The summed E-state index contributed by atoms with van der Waals surface area (Å²) in [6, 6.07) is 8.53. The maximum Gasteiger partial charge on any atom is 0.274 e. The Bertz CT molecular complexity index is 778. The molecule has 2 aliphatic heterocycles. The first-order valence-electron chi connectivity index (χ1n) is 9.94. The number of hydrogen-bond donors (Lipinski definition) is 2. The molecule has 2 N–H and O–H groups in total. The molecule has 0 bridgehead atoms. The van der Waals surface area contributed by atoms with Gasteiger partial charge < -0.3 is 15.0 Å². The molecule has 27 heavy (non-hydrogen) atoms. The van der Waals surface area contributed by atoms with Gasteiger partial charge in [-0.3, -0.25) is 9.89 Å². The molecule has 1 unspecified atom stereocenters. The minimum absolute atomic E-state index is 0.0128. The number of ether oxygens (including phenoxy) is 1. The highest BCUT2D eigenvalue weighted by Crippen LogP contribution is 2.20. The van der Waals surface area contributed by atoms with E-state index in [0.29, 0.717) is 25.3 Å². The number of nitrogens with one attached hydrogen (secondary N) is 2. The highest BCUT2D eigenvalue weighted by atomic mass is 16.5. The first-order valence-corrected chi connectivity index (χ1v) is 9.94. The van der Waals surface area contributed by atoms with Crippen LogP contribution in [-0.2, 0) is 24.1 Å². The normalized spacial score (nSPS) is 19.1. The zero-order chi connectivity index (χ0) is 18.6. The van der Waals surface area contributed by atoms with Gasteiger partial charge in [0.25, 0.3) is 5.91 Å². The van der Waals surface area contributed by atoms with Gasteiger partial charge in [0.1, 0.15) is 0 Å². The summed E-state index contributed by atoms with van der Waals surface area (Å²) in [7, 11) is 0. The van der Waals surface area contributed by atoms with E-state index in [-0.39, 0.29) is 12.0 Å². The van der Waals surface area contributed by atoms with Gasteiger partial charge in [0.05, 0.1) is 6.10 Å². The SMILES string of the molecule is Cc1ccc(CCN(CC2CCCO2)C(=O)c2n[nH]c3c2CNCC3)cc1. The number of carbonyl (C=O) groups excluding carboxylic acids is 1. The van der Waals surface area contributed by atoms with E-state index < -0.39 is 0 Å². The average Bonchev–Trinajstić information content (AvgIpc) is 3.35. The number of fused-ring (bicyclic) bond motifs is 1. The molecule has 1 atom stereocenters. The summed E-state index contributed by atoms with van der Waals surface area (Å²) in [4.78, 5) is 15.2. The number of aromatic nitrogens is 2. The zero-order valence-corrected chi connectivity index (χ0v) is 16.0. The van der Waals surface area contributed by atoms with Gasteiger partial charge in [-0.1, -0.05) is 29.8 Å². The third-order valence-electron chi connectivity index (χ3n) is 5.54. The molecule has 1 amide bonds. The highest BCUT2D eigenvalue weighted by Gasteiger charge is 2.28. The Balaban J connectivity index is 1.50. The molecule has 0 spiro atoms. The van der Waals surface area contributed by atoms with Gasteiger partial charge in [-0.2, -0.15) is 5.10 Å². The van der Waals surface area contributed by atoms with Crippen molar-refractivity contribution in [3.8, 4) is 0 Å². The lowest BCUT2D eigenvalue weighted by molar-refractivity contribution is 0.0523. The van der Waals surface area contributed by atoms with Crippen molar-refractivity contribution >= 4 is 5.91 Å². The van der Waals surface area contributed by atoms with E-state index in [1.54, 1.807) is 0 Å². The number of rotatable bonds is 6. The van der Waals surface area contributed by atoms with E-state index in [4.69, 9.17) is 4.74 Å². The lowest BCUT2D eigenvalue weighted by atomic mass is 10.1. The van der Waals surface area contributed by atoms with Crippen LogP contribution in [-0.4, -0.2) is 53.3 Å². The first kappa shape index (κ1) is 18.2. The molecule has 0 saturated carbocycles. The van der Waals surface area contributed by atoms with Crippen LogP contribution in [0.25, 0.3) is 0 Å². The Morgan fingerprint density at radius 2 is 2.19 bits per heavy atom. The molecule has 3 heterocycles. The van der Waals surface area contributed by atoms with Crippen LogP contribution in [0.3, 0.4) is 0 Å².